The van der Waals surface area contributed by atoms with Crippen LogP contribution in [0, 0.1) is 25.5 Å². The van der Waals surface area contributed by atoms with Crippen LogP contribution in [-0.4, -0.2) is 64.1 Å². The van der Waals surface area contributed by atoms with E-state index >= 15 is 0 Å². The zero-order chi connectivity index (χ0) is 23.2. The topological polar surface area (TPSA) is 80.4 Å². The van der Waals surface area contributed by atoms with Crippen molar-refractivity contribution in [2.45, 2.75) is 18.7 Å². The molecule has 1 saturated heterocycles. The minimum Gasteiger partial charge on any atom is -0.336 e. The van der Waals surface area contributed by atoms with Crippen LogP contribution in [0.25, 0.3) is 5.82 Å². The third kappa shape index (κ3) is 3.71. The van der Waals surface area contributed by atoms with Crippen molar-refractivity contribution in [3.63, 3.8) is 0 Å². The van der Waals surface area contributed by atoms with Crippen molar-refractivity contribution in [2.24, 2.45) is 7.05 Å². The fourth-order valence-corrected chi connectivity index (χ4v) is 5.37. The molecule has 3 aromatic rings. The summed E-state index contributed by atoms with van der Waals surface area (Å²) in [6.07, 6.45) is 1.51. The molecule has 170 valence electrons. The first-order valence-corrected chi connectivity index (χ1v) is 11.5. The van der Waals surface area contributed by atoms with Gasteiger partial charge >= 0.3 is 0 Å². The van der Waals surface area contributed by atoms with Crippen LogP contribution in [0.2, 0.25) is 0 Å². The third-order valence-corrected chi connectivity index (χ3v) is 7.57. The number of hydrogen-bond donors (Lipinski definition) is 0. The van der Waals surface area contributed by atoms with Gasteiger partial charge in [-0.2, -0.15) is 9.40 Å². The highest BCUT2D eigenvalue weighted by molar-refractivity contribution is 7.89. The van der Waals surface area contributed by atoms with E-state index in [0.717, 1.165) is 23.5 Å². The molecule has 1 fully saturated rings. The first-order valence-electron chi connectivity index (χ1n) is 10.0. The van der Waals surface area contributed by atoms with Crippen molar-refractivity contribution in [3.05, 3.63) is 65.1 Å². The van der Waals surface area contributed by atoms with E-state index in [4.69, 9.17) is 0 Å². The van der Waals surface area contributed by atoms with Crippen LogP contribution in [-0.2, 0) is 17.1 Å². The molecular weight excluding hydrogens is 440 g/mol. The normalized spacial score (nSPS) is 15.3. The molecule has 4 rings (SSSR count). The van der Waals surface area contributed by atoms with Gasteiger partial charge in [0.2, 0.25) is 10.0 Å². The maximum Gasteiger partial charge on any atom is 0.259 e. The minimum absolute atomic E-state index is 0.0459. The predicted molar refractivity (Wildman–Crippen MR) is 113 cm³/mol. The molecule has 0 atom stereocenters. The van der Waals surface area contributed by atoms with Gasteiger partial charge in [0.25, 0.3) is 5.91 Å². The molecule has 8 nitrogen and oxygen atoms in total. The number of aromatic nitrogens is 3. The molecule has 1 aromatic carbocycles. The zero-order valence-corrected chi connectivity index (χ0v) is 18.7. The molecule has 0 saturated carbocycles. The molecule has 0 radical (unpaired) electrons. The number of piperazine rings is 1. The predicted octanol–water partition coefficient (Wildman–Crippen LogP) is 2.25. The highest BCUT2D eigenvalue weighted by atomic mass is 32.2. The van der Waals surface area contributed by atoms with Crippen molar-refractivity contribution in [1.29, 1.82) is 0 Å². The van der Waals surface area contributed by atoms with Gasteiger partial charge in [-0.3, -0.25) is 9.48 Å². The van der Waals surface area contributed by atoms with Crippen molar-refractivity contribution in [1.82, 2.24) is 23.6 Å². The number of halogens is 2. The van der Waals surface area contributed by atoms with Crippen LogP contribution in [0.5, 0.6) is 0 Å². The van der Waals surface area contributed by atoms with Crippen molar-refractivity contribution in [3.8, 4) is 5.82 Å². The van der Waals surface area contributed by atoms with Crippen LogP contribution in [0.1, 0.15) is 21.7 Å². The number of sulfonamides is 1. The lowest BCUT2D eigenvalue weighted by atomic mass is 10.2. The first-order chi connectivity index (χ1) is 15.1. The third-order valence-electron chi connectivity index (χ3n) is 5.68. The minimum atomic E-state index is -4.00. The van der Waals surface area contributed by atoms with Gasteiger partial charge in [-0.25, -0.2) is 17.2 Å². The summed E-state index contributed by atoms with van der Waals surface area (Å²) in [5, 5.41) is 4.26. The van der Waals surface area contributed by atoms with E-state index in [2.05, 4.69) is 5.10 Å². The Morgan fingerprint density at radius 3 is 2.19 bits per heavy atom. The Morgan fingerprint density at radius 1 is 0.969 bits per heavy atom. The molecule has 0 spiro atoms. The zero-order valence-electron chi connectivity index (χ0n) is 17.9. The highest BCUT2D eigenvalue weighted by Crippen LogP contribution is 2.23. The number of benzene rings is 1. The van der Waals surface area contributed by atoms with E-state index in [1.165, 1.54) is 10.5 Å². The second-order valence-corrected chi connectivity index (χ2v) is 9.67. The summed E-state index contributed by atoms with van der Waals surface area (Å²) in [5.74, 6) is -1.93. The smallest absolute Gasteiger partial charge is 0.259 e. The van der Waals surface area contributed by atoms with E-state index in [1.54, 1.807) is 16.6 Å². The molecule has 11 heteroatoms. The lowest BCUT2D eigenvalue weighted by molar-refractivity contribution is 0.0698. The van der Waals surface area contributed by atoms with Gasteiger partial charge in [0.15, 0.2) is 11.6 Å². The average Bonchev–Trinajstić information content (AvgIpc) is 3.30. The number of carbonyl (C=O) groups excluding carboxylic acids is 1. The Labute approximate surface area is 184 Å². The van der Waals surface area contributed by atoms with E-state index in [-0.39, 0.29) is 37.0 Å². The lowest BCUT2D eigenvalue weighted by Crippen LogP contribution is -2.50. The Kier molecular flexibility index (Phi) is 5.63. The van der Waals surface area contributed by atoms with Gasteiger partial charge in [-0.1, -0.05) is 0 Å². The first kappa shape index (κ1) is 22.2. The molecule has 1 aliphatic rings. The van der Waals surface area contributed by atoms with Crippen molar-refractivity contribution >= 4 is 15.9 Å². The number of nitrogens with zero attached hydrogens (tertiary/aromatic N) is 5. The number of carbonyl (C=O) groups is 1. The summed E-state index contributed by atoms with van der Waals surface area (Å²) in [6, 6.07) is 6.41. The van der Waals surface area contributed by atoms with E-state index in [0.29, 0.717) is 17.4 Å². The van der Waals surface area contributed by atoms with Crippen LogP contribution >= 0.6 is 0 Å². The summed E-state index contributed by atoms with van der Waals surface area (Å²) in [5.41, 5.74) is 2.34. The van der Waals surface area contributed by atoms with Gasteiger partial charge < -0.3 is 9.47 Å². The molecule has 3 heterocycles. The molecule has 0 unspecified atom stereocenters. The maximum absolute atomic E-state index is 13.5. The van der Waals surface area contributed by atoms with Crippen molar-refractivity contribution in [2.75, 3.05) is 26.2 Å². The van der Waals surface area contributed by atoms with E-state index < -0.39 is 21.7 Å². The maximum atomic E-state index is 13.5. The summed E-state index contributed by atoms with van der Waals surface area (Å²) in [4.78, 5) is 14.5. The number of hydrogen-bond acceptors (Lipinski definition) is 4. The van der Waals surface area contributed by atoms with Crippen LogP contribution in [0.3, 0.4) is 0 Å². The molecule has 0 N–H and O–H groups in total. The Morgan fingerprint density at radius 2 is 1.59 bits per heavy atom. The largest absolute Gasteiger partial charge is 0.336 e. The molecule has 1 amide bonds. The van der Waals surface area contributed by atoms with E-state index in [9.17, 15) is 22.0 Å². The van der Waals surface area contributed by atoms with Crippen LogP contribution in [0.4, 0.5) is 8.78 Å². The van der Waals surface area contributed by atoms with Crippen LogP contribution in [0.15, 0.2) is 41.4 Å². The molecule has 2 aromatic heterocycles. The van der Waals surface area contributed by atoms with Crippen molar-refractivity contribution < 1.29 is 22.0 Å². The van der Waals surface area contributed by atoms with Gasteiger partial charge in [0.1, 0.15) is 11.4 Å². The standard InChI is InChI=1S/C21H23F2N5O3S/c1-14-4-5-15(2)28(14)20-17(13-24-25(20)3)21(29)26-8-10-27(11-9-26)32(30,31)16-6-7-18(22)19(23)12-16/h4-7,12-13H,8-11H2,1-3H3. The molecule has 32 heavy (non-hydrogen) atoms. The van der Waals surface area contributed by atoms with Gasteiger partial charge in [0, 0.05) is 44.6 Å². The van der Waals surface area contributed by atoms with Gasteiger partial charge in [0.05, 0.1) is 11.1 Å². The molecule has 0 aliphatic carbocycles. The lowest BCUT2D eigenvalue weighted by Gasteiger charge is -2.34. The summed E-state index contributed by atoms with van der Waals surface area (Å²) in [6.45, 7) is 4.31. The fourth-order valence-electron chi connectivity index (χ4n) is 3.94. The van der Waals surface area contributed by atoms with Gasteiger partial charge in [-0.05, 0) is 44.2 Å². The van der Waals surface area contributed by atoms with E-state index in [1.807, 2.05) is 30.5 Å². The average molecular weight is 464 g/mol. The number of amides is 1. The monoisotopic (exact) mass is 463 g/mol. The second kappa shape index (κ2) is 8.14. The highest BCUT2D eigenvalue weighted by Gasteiger charge is 2.32. The second-order valence-electron chi connectivity index (χ2n) is 7.73. The van der Waals surface area contributed by atoms with Crippen LogP contribution < -0.4 is 0 Å². The SMILES string of the molecule is Cc1ccc(C)n1-c1c(C(=O)N2CCN(S(=O)(=O)c3ccc(F)c(F)c3)CC2)cnn1C. The summed E-state index contributed by atoms with van der Waals surface area (Å²) in [7, 11) is -2.24. The fraction of sp³-hybridized carbons (Fsp3) is 0.333. The summed E-state index contributed by atoms with van der Waals surface area (Å²) < 4.78 is 57.1. The number of rotatable bonds is 4. The van der Waals surface area contributed by atoms with Gasteiger partial charge in [-0.15, -0.1) is 0 Å². The molecule has 1 aliphatic heterocycles. The Hall–Kier alpha value is -3.05. The molecule has 0 bridgehead atoms. The quantitative estimate of drug-likeness (QED) is 0.595. The Balaban J connectivity index is 1.53. The molecular formula is C21H23F2N5O3S. The number of aryl methyl sites for hydroxylation is 3. The summed E-state index contributed by atoms with van der Waals surface area (Å²) >= 11 is 0. The Bertz CT molecular complexity index is 1270.